The quantitative estimate of drug-likeness (QED) is 0.107. The molecule has 2 saturated heterocycles. The molecule has 262 valence electrons. The summed E-state index contributed by atoms with van der Waals surface area (Å²) in [6.45, 7) is 0.145. The second kappa shape index (κ2) is 15.1. The fourth-order valence-electron chi connectivity index (χ4n) is 4.68. The van der Waals surface area contributed by atoms with Crippen molar-refractivity contribution < 1.29 is 72.1 Å². The number of nitrogens with zero attached hydrogens (tertiary/aromatic N) is 5. The van der Waals surface area contributed by atoms with Gasteiger partial charge in [-0.15, -0.1) is 0 Å². The van der Waals surface area contributed by atoms with E-state index in [-0.39, 0.29) is 35.6 Å². The first-order valence-corrected chi connectivity index (χ1v) is 16.8. The molecule has 24 heteroatoms. The SMILES string of the molecule is CCO.NC(=O)C1=CN([C@@H]2O[C@H](COP(=O)(O)OP(=O)(O)OC[C@H]3O[C@@H](n4cnc5c(N)ncnc54)[C@H](O)[C@@H]3O)[C@@H](O)[C@H]2O)C=CC1. The zero-order chi connectivity index (χ0) is 34.7. The molecule has 22 nitrogen and oxygen atoms in total. The molecule has 0 saturated carbocycles. The lowest BCUT2D eigenvalue weighted by atomic mass is 10.1. The molecule has 11 N–H and O–H groups in total. The number of amides is 1. The highest BCUT2D eigenvalue weighted by Crippen LogP contribution is 2.60. The fourth-order valence-corrected chi connectivity index (χ4v) is 6.77. The van der Waals surface area contributed by atoms with Gasteiger partial charge in [-0.1, -0.05) is 6.08 Å². The standard InChI is InChI=1S/C21H29N7O14P2.C2H6O/c22-17-12-19(25-7-24-17)28(8-26-12)21-16(32)14(30)11(41-21)6-39-44(36,37)42-43(34,35)38-5-10-13(29)15(31)20(40-10)27-3-1-2-9(4-27)18(23)33;1-2-3/h1,3-4,7-8,10-11,13-16,20-21,29-32H,2,5-6H2,(H2,23,33)(H,34,35)(H,36,37)(H2,22,24,25);3H,2H2,1H3/t10-,11-,13-,14-,15-,16-,20-,21-;/m1./s1. The first-order chi connectivity index (χ1) is 22.1. The van der Waals surface area contributed by atoms with E-state index in [9.17, 15) is 44.1 Å². The van der Waals surface area contributed by atoms with E-state index in [2.05, 4.69) is 19.3 Å². The minimum atomic E-state index is -5.37. The summed E-state index contributed by atoms with van der Waals surface area (Å²) in [7, 11) is -10.7. The fraction of sp³-hybridized carbons (Fsp3) is 0.565. The Kier molecular flexibility index (Phi) is 11.9. The number of hydrogen-bond donors (Lipinski definition) is 9. The van der Waals surface area contributed by atoms with Crippen LogP contribution in [-0.2, 0) is 36.8 Å². The highest BCUT2D eigenvalue weighted by molar-refractivity contribution is 7.61. The van der Waals surface area contributed by atoms with E-state index in [1.165, 1.54) is 28.2 Å². The molecule has 5 rings (SSSR count). The average molecular weight is 712 g/mol. The van der Waals surface area contributed by atoms with Crippen LogP contribution in [0.15, 0.2) is 36.7 Å². The Hall–Kier alpha value is -2.92. The number of aliphatic hydroxyl groups excluding tert-OH is 5. The third-order valence-corrected chi connectivity index (χ3v) is 9.48. The molecule has 3 aliphatic heterocycles. The summed E-state index contributed by atoms with van der Waals surface area (Å²) in [5.74, 6) is -0.658. The molecule has 0 aromatic carbocycles. The molecule has 3 aliphatic rings. The molecular formula is C23H35N7O15P2. The molecule has 0 bridgehead atoms. The Labute approximate surface area is 265 Å². The molecule has 0 aliphatic carbocycles. The van der Waals surface area contributed by atoms with E-state index < -0.39 is 83.8 Å². The van der Waals surface area contributed by atoms with E-state index in [1.807, 2.05) is 0 Å². The summed E-state index contributed by atoms with van der Waals surface area (Å²) in [6.07, 6.45) is -4.88. The minimum Gasteiger partial charge on any atom is -0.397 e. The first-order valence-electron chi connectivity index (χ1n) is 13.8. The van der Waals surface area contributed by atoms with E-state index in [4.69, 9.17) is 35.1 Å². The van der Waals surface area contributed by atoms with Crippen molar-refractivity contribution in [2.24, 2.45) is 5.73 Å². The van der Waals surface area contributed by atoms with Crippen LogP contribution in [0.3, 0.4) is 0 Å². The van der Waals surface area contributed by atoms with Crippen LogP contribution in [0.4, 0.5) is 5.82 Å². The van der Waals surface area contributed by atoms with Gasteiger partial charge in [0.15, 0.2) is 23.9 Å². The predicted molar refractivity (Wildman–Crippen MR) is 155 cm³/mol. The molecule has 0 spiro atoms. The topological polar surface area (TPSA) is 338 Å². The zero-order valence-corrected chi connectivity index (χ0v) is 26.3. The van der Waals surface area contributed by atoms with Crippen LogP contribution in [0, 0.1) is 0 Å². The Balaban J connectivity index is 0.00000160. The van der Waals surface area contributed by atoms with Crippen molar-refractivity contribution in [2.45, 2.75) is 62.4 Å². The number of imidazole rings is 1. The molecular weight excluding hydrogens is 676 g/mol. The van der Waals surface area contributed by atoms with Gasteiger partial charge in [-0.05, 0) is 13.3 Å². The van der Waals surface area contributed by atoms with Crippen LogP contribution in [-0.4, -0.2) is 128 Å². The Morgan fingerprint density at radius 2 is 1.53 bits per heavy atom. The smallest absolute Gasteiger partial charge is 0.397 e. The van der Waals surface area contributed by atoms with Crippen LogP contribution in [0.5, 0.6) is 0 Å². The van der Waals surface area contributed by atoms with Gasteiger partial charge in [-0.25, -0.2) is 24.1 Å². The molecule has 2 aromatic heterocycles. The summed E-state index contributed by atoms with van der Waals surface area (Å²) in [5.41, 5.74) is 11.6. The van der Waals surface area contributed by atoms with Crippen molar-refractivity contribution in [3.63, 3.8) is 0 Å². The maximum absolute atomic E-state index is 12.4. The number of aromatic nitrogens is 4. The molecule has 2 aromatic rings. The molecule has 47 heavy (non-hydrogen) atoms. The van der Waals surface area contributed by atoms with Gasteiger partial charge in [-0.2, -0.15) is 4.31 Å². The summed E-state index contributed by atoms with van der Waals surface area (Å²) in [5, 5.41) is 49.2. The number of phosphoric ester groups is 2. The molecule has 2 unspecified atom stereocenters. The molecule has 1 amide bonds. The molecule has 2 fully saturated rings. The minimum absolute atomic E-state index is 0.0517. The number of rotatable bonds is 11. The van der Waals surface area contributed by atoms with Gasteiger partial charge in [0.1, 0.15) is 48.5 Å². The van der Waals surface area contributed by atoms with Crippen molar-refractivity contribution in [3.05, 3.63) is 36.7 Å². The lowest BCUT2D eigenvalue weighted by Crippen LogP contribution is -2.40. The molecule has 0 radical (unpaired) electrons. The number of nitrogens with two attached hydrogens (primary N) is 2. The second-order valence-electron chi connectivity index (χ2n) is 10.2. The van der Waals surface area contributed by atoms with Crippen molar-refractivity contribution in [2.75, 3.05) is 25.6 Å². The van der Waals surface area contributed by atoms with E-state index in [0.29, 0.717) is 0 Å². The number of ether oxygens (including phenoxy) is 2. The van der Waals surface area contributed by atoms with Crippen molar-refractivity contribution in [1.82, 2.24) is 24.4 Å². The van der Waals surface area contributed by atoms with E-state index >= 15 is 0 Å². The van der Waals surface area contributed by atoms with Crippen molar-refractivity contribution in [1.29, 1.82) is 0 Å². The Bertz CT molecular complexity index is 1580. The Morgan fingerprint density at radius 3 is 2.11 bits per heavy atom. The number of carbonyl (C=O) groups excluding carboxylic acids is 1. The van der Waals surface area contributed by atoms with Crippen molar-refractivity contribution in [3.8, 4) is 0 Å². The molecule has 5 heterocycles. The number of phosphoric acid groups is 2. The summed E-state index contributed by atoms with van der Waals surface area (Å²) < 4.78 is 50.8. The number of hydrogen-bond acceptors (Lipinski definition) is 18. The largest absolute Gasteiger partial charge is 0.481 e. The zero-order valence-electron chi connectivity index (χ0n) is 24.5. The van der Waals surface area contributed by atoms with E-state index in [0.717, 1.165) is 6.33 Å². The van der Waals surface area contributed by atoms with Crippen LogP contribution in [0.1, 0.15) is 19.6 Å². The number of carbonyl (C=O) groups is 1. The summed E-state index contributed by atoms with van der Waals surface area (Å²) in [6, 6.07) is 0. The van der Waals surface area contributed by atoms with Crippen LogP contribution >= 0.6 is 15.6 Å². The third-order valence-electron chi connectivity index (χ3n) is 6.88. The van der Waals surface area contributed by atoms with Gasteiger partial charge in [0.05, 0.1) is 19.5 Å². The highest BCUT2D eigenvalue weighted by atomic mass is 31.3. The number of anilines is 1. The average Bonchev–Trinajstić information content (AvgIpc) is 3.65. The summed E-state index contributed by atoms with van der Waals surface area (Å²) in [4.78, 5) is 44.6. The maximum Gasteiger partial charge on any atom is 0.481 e. The van der Waals surface area contributed by atoms with Crippen LogP contribution < -0.4 is 11.5 Å². The van der Waals surface area contributed by atoms with Crippen LogP contribution in [0.25, 0.3) is 11.2 Å². The van der Waals surface area contributed by atoms with Gasteiger partial charge in [-0.3, -0.25) is 18.4 Å². The number of allylic oxidation sites excluding steroid dienone is 1. The first kappa shape index (κ1) is 36.9. The van der Waals surface area contributed by atoms with Gasteiger partial charge >= 0.3 is 15.6 Å². The van der Waals surface area contributed by atoms with Crippen molar-refractivity contribution >= 4 is 38.5 Å². The van der Waals surface area contributed by atoms with E-state index in [1.54, 1.807) is 13.0 Å². The monoisotopic (exact) mass is 711 g/mol. The van der Waals surface area contributed by atoms with Gasteiger partial charge in [0.25, 0.3) is 0 Å². The Morgan fingerprint density at radius 1 is 0.979 bits per heavy atom. The predicted octanol–water partition coefficient (Wildman–Crippen LogP) is -2.69. The number of aliphatic hydroxyl groups is 5. The highest BCUT2D eigenvalue weighted by Gasteiger charge is 2.48. The number of fused-ring (bicyclic) bond motifs is 1. The maximum atomic E-state index is 12.4. The summed E-state index contributed by atoms with van der Waals surface area (Å²) >= 11 is 0. The van der Waals surface area contributed by atoms with Gasteiger partial charge in [0, 0.05) is 24.6 Å². The number of nitrogen functional groups attached to an aromatic ring is 1. The van der Waals surface area contributed by atoms with Gasteiger partial charge < -0.3 is 61.2 Å². The lowest BCUT2D eigenvalue weighted by Gasteiger charge is -2.28. The lowest BCUT2D eigenvalue weighted by molar-refractivity contribution is -0.115. The number of primary amides is 1. The normalized spacial score (nSPS) is 31.6. The molecule has 10 atom stereocenters. The second-order valence-corrected chi connectivity index (χ2v) is 13.2. The third kappa shape index (κ3) is 8.57. The van der Waals surface area contributed by atoms with Crippen LogP contribution in [0.2, 0.25) is 0 Å². The van der Waals surface area contributed by atoms with Gasteiger partial charge in [0.2, 0.25) is 5.91 Å².